The number of fused-ring (bicyclic) bond motifs is 1. The molecule has 3 saturated heterocycles. The van der Waals surface area contributed by atoms with E-state index in [0.29, 0.717) is 25.5 Å². The first-order valence-corrected chi connectivity index (χ1v) is 26.3. The average molecular weight is 1030 g/mol. The molecule has 19 heteroatoms. The number of aromatic amines is 1. The van der Waals surface area contributed by atoms with Gasteiger partial charge < -0.3 is 59.6 Å². The summed E-state index contributed by atoms with van der Waals surface area (Å²) in [5, 5.41) is 16.7. The maximum absolute atomic E-state index is 13.9. The van der Waals surface area contributed by atoms with Crippen LogP contribution >= 0.6 is 0 Å². The van der Waals surface area contributed by atoms with Crippen LogP contribution in [0.1, 0.15) is 76.2 Å². The second-order valence-corrected chi connectivity index (χ2v) is 20.0. The Morgan fingerprint density at radius 1 is 0.697 bits per heavy atom. The number of imidazole rings is 1. The zero-order chi connectivity index (χ0) is 53.0. The van der Waals surface area contributed by atoms with E-state index in [2.05, 4.69) is 120 Å². The normalized spacial score (nSPS) is 19.1. The predicted octanol–water partition coefficient (Wildman–Crippen LogP) is 8.44. The molecule has 398 valence electrons. The van der Waals surface area contributed by atoms with Crippen LogP contribution in [0.25, 0.3) is 50.6 Å². The highest BCUT2D eigenvalue weighted by atomic mass is 16.5. The molecular formula is C57H67N11O8. The summed E-state index contributed by atoms with van der Waals surface area (Å²) in [5.74, 6) is 1.10. The maximum Gasteiger partial charge on any atom is 0.407 e. The molecule has 0 aliphatic carbocycles. The van der Waals surface area contributed by atoms with Gasteiger partial charge in [-0.2, -0.15) is 5.01 Å². The van der Waals surface area contributed by atoms with Crippen molar-refractivity contribution in [3.05, 3.63) is 115 Å². The first-order chi connectivity index (χ1) is 36.9. The van der Waals surface area contributed by atoms with Crippen LogP contribution in [-0.2, 0) is 30.3 Å². The van der Waals surface area contributed by atoms with Crippen molar-refractivity contribution in [1.29, 1.82) is 0 Å². The van der Waals surface area contributed by atoms with Gasteiger partial charge in [-0.25, -0.2) is 19.6 Å². The standard InChI is InChI=1S/C57H67N11O8/c1-35(74-3)51(61-56(71)72)55(70)66-31-11-15-50(66)67-34-43-42(12-9-13-44(43)63-67)37-16-20-39(21-17-37)46-25-26-47(68(46)41-24-27-49(58-32-41)64-28-7-6-8-29-64)40-22-18-38(19-23-40)45-33-59-53(60-45)48-14-10-30-65(48)54(69)52(36(2)75-4)62-57(73)76-5/h9,12-13,16-27,32-33,35-36,48,50-52,61,63H,6-8,10-11,14-15,28-31,34H2,1-5H3,(H,59,60)(H,62,73)(H,71,72)/t35-,36-,48+,50+,51+,52+/m1/s1. The number of likely N-dealkylation sites (tertiary alicyclic amines) is 2. The zero-order valence-electron chi connectivity index (χ0n) is 43.7. The molecule has 0 saturated carbocycles. The average Bonchev–Trinajstić information content (AvgIpc) is 4.33. The van der Waals surface area contributed by atoms with E-state index in [0.717, 1.165) is 119 Å². The van der Waals surface area contributed by atoms with Crippen molar-refractivity contribution in [1.82, 2.24) is 45.0 Å². The minimum Gasteiger partial charge on any atom is -0.465 e. The Kier molecular flexibility index (Phi) is 15.4. The third kappa shape index (κ3) is 10.5. The number of H-pyrrole nitrogens is 1. The van der Waals surface area contributed by atoms with Gasteiger partial charge in [0.15, 0.2) is 0 Å². The molecular weight excluding hydrogens is 967 g/mol. The van der Waals surface area contributed by atoms with E-state index in [1.807, 2.05) is 18.5 Å². The quantitative estimate of drug-likeness (QED) is 0.0617. The number of nitrogens with one attached hydrogen (secondary N) is 4. The van der Waals surface area contributed by atoms with Crippen molar-refractivity contribution in [3.63, 3.8) is 0 Å². The summed E-state index contributed by atoms with van der Waals surface area (Å²) in [5.41, 5.74) is 14.4. The highest BCUT2D eigenvalue weighted by Gasteiger charge is 2.42. The maximum atomic E-state index is 13.9. The molecule has 4 aliphatic rings. The van der Waals surface area contributed by atoms with Gasteiger partial charge >= 0.3 is 12.2 Å². The van der Waals surface area contributed by atoms with E-state index in [1.54, 1.807) is 23.6 Å². The zero-order valence-corrected chi connectivity index (χ0v) is 43.7. The number of amides is 4. The van der Waals surface area contributed by atoms with Crippen molar-refractivity contribution >= 4 is 35.5 Å². The van der Waals surface area contributed by atoms with Crippen LogP contribution in [0, 0.1) is 0 Å². The minimum absolute atomic E-state index is 0.255. The van der Waals surface area contributed by atoms with Crippen molar-refractivity contribution in [2.24, 2.45) is 0 Å². The molecule has 0 radical (unpaired) electrons. The third-order valence-corrected chi connectivity index (χ3v) is 15.6. The van der Waals surface area contributed by atoms with Gasteiger partial charge in [0.25, 0.3) is 0 Å². The molecule has 19 nitrogen and oxygen atoms in total. The molecule has 4 aliphatic heterocycles. The molecule has 4 amide bonds. The van der Waals surface area contributed by atoms with Crippen LogP contribution in [0.4, 0.5) is 21.1 Å². The van der Waals surface area contributed by atoms with Gasteiger partial charge in [-0.05, 0) is 111 Å². The number of ether oxygens (including phenoxy) is 3. The molecule has 6 atom stereocenters. The van der Waals surface area contributed by atoms with Gasteiger partial charge in [0.2, 0.25) is 11.8 Å². The van der Waals surface area contributed by atoms with E-state index in [4.69, 9.17) is 24.2 Å². The number of methoxy groups -OCH3 is 3. The fourth-order valence-electron chi connectivity index (χ4n) is 11.3. The first kappa shape index (κ1) is 51.7. The molecule has 76 heavy (non-hydrogen) atoms. The van der Waals surface area contributed by atoms with E-state index < -0.39 is 36.5 Å². The molecule has 7 heterocycles. The highest BCUT2D eigenvalue weighted by molar-refractivity contribution is 5.88. The van der Waals surface area contributed by atoms with E-state index in [9.17, 15) is 24.3 Å². The van der Waals surface area contributed by atoms with Gasteiger partial charge in [-0.3, -0.25) is 9.59 Å². The summed E-state index contributed by atoms with van der Waals surface area (Å²) < 4.78 is 17.9. The second-order valence-electron chi connectivity index (χ2n) is 20.0. The number of rotatable bonds is 16. The molecule has 3 aromatic carbocycles. The Morgan fingerprint density at radius 3 is 1.97 bits per heavy atom. The number of alkyl carbamates (subject to hydrolysis) is 1. The van der Waals surface area contributed by atoms with Crippen molar-refractivity contribution < 1.29 is 38.5 Å². The Balaban J connectivity index is 0.906. The van der Waals surface area contributed by atoms with Gasteiger partial charge in [-0.15, -0.1) is 0 Å². The number of aromatic nitrogens is 4. The number of carboxylic acid groups (broad SMARTS) is 1. The molecule has 0 unspecified atom stereocenters. The summed E-state index contributed by atoms with van der Waals surface area (Å²) >= 11 is 0. The SMILES string of the molecule is COC(=O)N[C@H](C(=O)N1CCC[C@H]1c1nc(-c2ccc(-c3ccc(-c4ccc(-c5cccc6c5CN([C@H]5CCCN5C(=O)[C@@H](NC(=O)O)[C@@H](C)OC)N6)cc4)n3-c3ccc(N4CCCCC4)nc3)cc2)c[nH]1)[C@@H](C)OC. The lowest BCUT2D eigenvalue weighted by Gasteiger charge is -2.35. The topological polar surface area (TPSA) is 212 Å². The molecule has 10 rings (SSSR count). The Bertz CT molecular complexity index is 3030. The summed E-state index contributed by atoms with van der Waals surface area (Å²) in [6.45, 7) is 7.03. The van der Waals surface area contributed by atoms with Crippen molar-refractivity contribution in [3.8, 4) is 50.6 Å². The summed E-state index contributed by atoms with van der Waals surface area (Å²) in [7, 11) is 4.24. The van der Waals surface area contributed by atoms with E-state index >= 15 is 0 Å². The number of nitrogens with zero attached hydrogens (tertiary/aromatic N) is 7. The second kappa shape index (κ2) is 22.6. The van der Waals surface area contributed by atoms with Gasteiger partial charge in [0.05, 0.1) is 60.0 Å². The summed E-state index contributed by atoms with van der Waals surface area (Å²) in [6.07, 6.45) is 7.00. The lowest BCUT2D eigenvalue weighted by atomic mass is 9.97. The number of piperidine rings is 1. The predicted molar refractivity (Wildman–Crippen MR) is 288 cm³/mol. The summed E-state index contributed by atoms with van der Waals surface area (Å²) in [6, 6.07) is 29.6. The lowest BCUT2D eigenvalue weighted by molar-refractivity contribution is -0.140. The first-order valence-electron chi connectivity index (χ1n) is 26.3. The smallest absolute Gasteiger partial charge is 0.407 e. The van der Waals surface area contributed by atoms with Crippen molar-refractivity contribution in [2.45, 2.75) is 102 Å². The molecule has 0 bridgehead atoms. The van der Waals surface area contributed by atoms with Crippen molar-refractivity contribution in [2.75, 3.05) is 57.8 Å². The largest absolute Gasteiger partial charge is 0.465 e. The van der Waals surface area contributed by atoms with Crippen LogP contribution < -0.4 is 21.0 Å². The molecule has 5 N–H and O–H groups in total. The molecule has 3 aromatic heterocycles. The van der Waals surface area contributed by atoms with E-state index in [1.165, 1.54) is 27.8 Å². The highest BCUT2D eigenvalue weighted by Crippen LogP contribution is 2.40. The number of carbonyl (C=O) groups excluding carboxylic acids is 3. The number of hydrogen-bond acceptors (Lipinski definition) is 12. The number of carbonyl (C=O) groups is 4. The Hall–Kier alpha value is -7.74. The Morgan fingerprint density at radius 2 is 1.33 bits per heavy atom. The Labute approximate surface area is 442 Å². The fourth-order valence-corrected chi connectivity index (χ4v) is 11.3. The van der Waals surface area contributed by atoms with Gasteiger partial charge in [0, 0.05) is 64.3 Å². The van der Waals surface area contributed by atoms with Crippen LogP contribution in [0.15, 0.2) is 103 Å². The van der Waals surface area contributed by atoms with Crippen LogP contribution in [0.5, 0.6) is 0 Å². The monoisotopic (exact) mass is 1030 g/mol. The fraction of sp³-hybridized carbons (Fsp3) is 0.404. The van der Waals surface area contributed by atoms with Crippen LogP contribution in [0.2, 0.25) is 0 Å². The number of pyridine rings is 1. The number of benzene rings is 3. The third-order valence-electron chi connectivity index (χ3n) is 15.6. The van der Waals surface area contributed by atoms with Crippen LogP contribution in [0.3, 0.4) is 0 Å². The molecule has 6 aromatic rings. The minimum atomic E-state index is -1.27. The van der Waals surface area contributed by atoms with Crippen LogP contribution in [-0.4, -0.2) is 141 Å². The molecule has 3 fully saturated rings. The molecule has 0 spiro atoms. The van der Waals surface area contributed by atoms with Gasteiger partial charge in [0.1, 0.15) is 29.9 Å². The lowest BCUT2D eigenvalue weighted by Crippen LogP contribution is -2.57. The van der Waals surface area contributed by atoms with Gasteiger partial charge in [-0.1, -0.05) is 60.7 Å². The number of hydrazine groups is 1. The summed E-state index contributed by atoms with van der Waals surface area (Å²) in [4.78, 5) is 70.9. The van der Waals surface area contributed by atoms with E-state index in [-0.39, 0.29) is 24.0 Å². The number of anilines is 2. The number of hydrogen-bond donors (Lipinski definition) is 5.